The summed E-state index contributed by atoms with van der Waals surface area (Å²) < 4.78 is 10.7. The summed E-state index contributed by atoms with van der Waals surface area (Å²) in [4.78, 5) is 27.4. The highest BCUT2D eigenvalue weighted by molar-refractivity contribution is 6.05. The molecule has 0 saturated heterocycles. The number of benzene rings is 1. The summed E-state index contributed by atoms with van der Waals surface area (Å²) in [7, 11) is 0. The molecule has 0 aliphatic heterocycles. The summed E-state index contributed by atoms with van der Waals surface area (Å²) in [5.74, 6) is -0.641. The Morgan fingerprint density at radius 1 is 1.24 bits per heavy atom. The molecular formula is C18H17N3O4. The van der Waals surface area contributed by atoms with Crippen LogP contribution in [0, 0.1) is 0 Å². The number of amides is 1. The van der Waals surface area contributed by atoms with Gasteiger partial charge in [0.05, 0.1) is 12.8 Å². The van der Waals surface area contributed by atoms with E-state index in [9.17, 15) is 9.59 Å². The van der Waals surface area contributed by atoms with E-state index in [1.165, 1.54) is 13.1 Å². The van der Waals surface area contributed by atoms with Crippen LogP contribution >= 0.6 is 0 Å². The maximum atomic E-state index is 12.2. The van der Waals surface area contributed by atoms with Crippen LogP contribution < -0.4 is 10.6 Å². The predicted molar refractivity (Wildman–Crippen MR) is 94.0 cm³/mol. The molecule has 0 aliphatic rings. The van der Waals surface area contributed by atoms with Gasteiger partial charge in [-0.2, -0.15) is 0 Å². The zero-order valence-electron chi connectivity index (χ0n) is 13.8. The Morgan fingerprint density at radius 3 is 2.80 bits per heavy atom. The van der Waals surface area contributed by atoms with Gasteiger partial charge in [0.25, 0.3) is 0 Å². The van der Waals surface area contributed by atoms with E-state index in [1.54, 1.807) is 37.4 Å². The monoisotopic (exact) mass is 339 g/mol. The number of anilines is 3. The van der Waals surface area contributed by atoms with E-state index < -0.39 is 5.97 Å². The summed E-state index contributed by atoms with van der Waals surface area (Å²) in [5, 5.41) is 6.60. The zero-order chi connectivity index (χ0) is 17.8. The van der Waals surface area contributed by atoms with Crippen LogP contribution in [0.1, 0.15) is 24.4 Å². The summed E-state index contributed by atoms with van der Waals surface area (Å²) in [6, 6.07) is 8.90. The molecule has 2 heterocycles. The maximum absolute atomic E-state index is 12.2. The Hall–Kier alpha value is -3.35. The van der Waals surface area contributed by atoms with Gasteiger partial charge in [-0.1, -0.05) is 6.07 Å². The maximum Gasteiger partial charge on any atom is 0.376 e. The Labute approximate surface area is 144 Å². The van der Waals surface area contributed by atoms with Crippen LogP contribution in [0.5, 0.6) is 0 Å². The molecule has 0 aliphatic carbocycles. The summed E-state index contributed by atoms with van der Waals surface area (Å²) >= 11 is 0. The van der Waals surface area contributed by atoms with Crippen LogP contribution in [0.25, 0.3) is 11.0 Å². The fourth-order valence-corrected chi connectivity index (χ4v) is 2.44. The lowest BCUT2D eigenvalue weighted by molar-refractivity contribution is -0.114. The number of fused-ring (bicyclic) bond motifs is 1. The molecular weight excluding hydrogens is 322 g/mol. The first-order valence-corrected chi connectivity index (χ1v) is 7.76. The first kappa shape index (κ1) is 16.5. The van der Waals surface area contributed by atoms with Crippen LogP contribution in [-0.2, 0) is 9.53 Å². The van der Waals surface area contributed by atoms with Crippen molar-refractivity contribution in [3.05, 3.63) is 48.5 Å². The van der Waals surface area contributed by atoms with E-state index in [0.29, 0.717) is 28.0 Å². The van der Waals surface area contributed by atoms with Gasteiger partial charge in [0, 0.05) is 29.9 Å². The van der Waals surface area contributed by atoms with Gasteiger partial charge in [0.15, 0.2) is 5.58 Å². The smallest absolute Gasteiger partial charge is 0.376 e. The highest BCUT2D eigenvalue weighted by atomic mass is 16.5. The van der Waals surface area contributed by atoms with E-state index in [1.807, 2.05) is 6.07 Å². The molecule has 0 unspecified atom stereocenters. The number of furan rings is 1. The SMILES string of the molecule is CCOC(=O)c1oc2cnccc2c1Nc1cccc(NC(C)=O)c1. The molecule has 0 atom stereocenters. The molecule has 0 spiro atoms. The molecule has 2 aromatic heterocycles. The van der Waals surface area contributed by atoms with Crippen molar-refractivity contribution >= 4 is 39.9 Å². The highest BCUT2D eigenvalue weighted by Crippen LogP contribution is 2.33. The number of carbonyl (C=O) groups is 2. The molecule has 0 saturated carbocycles. The number of esters is 1. The van der Waals surface area contributed by atoms with Gasteiger partial charge < -0.3 is 19.8 Å². The number of carbonyl (C=O) groups excluding carboxylic acids is 2. The number of hydrogen-bond acceptors (Lipinski definition) is 6. The second kappa shape index (κ2) is 7.04. The third-order valence-corrected chi connectivity index (χ3v) is 3.41. The number of aromatic nitrogens is 1. The van der Waals surface area contributed by atoms with Gasteiger partial charge >= 0.3 is 5.97 Å². The average molecular weight is 339 g/mol. The van der Waals surface area contributed by atoms with E-state index in [0.717, 1.165) is 0 Å². The van der Waals surface area contributed by atoms with Crippen molar-refractivity contribution in [2.45, 2.75) is 13.8 Å². The fraction of sp³-hybridized carbons (Fsp3) is 0.167. The Bertz CT molecular complexity index is 933. The minimum absolute atomic E-state index is 0.0785. The van der Waals surface area contributed by atoms with Crippen molar-refractivity contribution in [3.63, 3.8) is 0 Å². The topological polar surface area (TPSA) is 93.5 Å². The molecule has 3 rings (SSSR count). The Kier molecular flexibility index (Phi) is 4.65. The van der Waals surface area contributed by atoms with Gasteiger partial charge in [-0.15, -0.1) is 0 Å². The fourth-order valence-electron chi connectivity index (χ4n) is 2.44. The molecule has 7 heteroatoms. The number of rotatable bonds is 5. The first-order chi connectivity index (χ1) is 12.1. The molecule has 2 N–H and O–H groups in total. The third kappa shape index (κ3) is 3.60. The number of hydrogen-bond donors (Lipinski definition) is 2. The molecule has 0 bridgehead atoms. The molecule has 0 radical (unpaired) electrons. The molecule has 128 valence electrons. The third-order valence-electron chi connectivity index (χ3n) is 3.41. The first-order valence-electron chi connectivity index (χ1n) is 7.76. The Morgan fingerprint density at radius 2 is 2.04 bits per heavy atom. The molecule has 3 aromatic rings. The van der Waals surface area contributed by atoms with Crippen molar-refractivity contribution in [2.24, 2.45) is 0 Å². The second-order valence-electron chi connectivity index (χ2n) is 5.29. The molecule has 1 aromatic carbocycles. The van der Waals surface area contributed by atoms with Gasteiger partial charge in [-0.25, -0.2) is 4.79 Å². The van der Waals surface area contributed by atoms with Crippen LogP contribution in [-0.4, -0.2) is 23.5 Å². The lowest BCUT2D eigenvalue weighted by Gasteiger charge is -2.09. The van der Waals surface area contributed by atoms with E-state index in [-0.39, 0.29) is 18.3 Å². The van der Waals surface area contributed by atoms with Crippen molar-refractivity contribution in [1.29, 1.82) is 0 Å². The Balaban J connectivity index is 2.01. The summed E-state index contributed by atoms with van der Waals surface area (Å²) in [6.07, 6.45) is 3.16. The van der Waals surface area contributed by atoms with E-state index >= 15 is 0 Å². The predicted octanol–water partition coefficient (Wildman–Crippen LogP) is 3.71. The quantitative estimate of drug-likeness (QED) is 0.688. The average Bonchev–Trinajstić information content (AvgIpc) is 2.94. The van der Waals surface area contributed by atoms with Crippen molar-refractivity contribution in [1.82, 2.24) is 4.98 Å². The second-order valence-corrected chi connectivity index (χ2v) is 5.29. The van der Waals surface area contributed by atoms with E-state index in [4.69, 9.17) is 9.15 Å². The van der Waals surface area contributed by atoms with Gasteiger partial charge in [-0.05, 0) is 31.2 Å². The molecule has 25 heavy (non-hydrogen) atoms. The normalized spacial score (nSPS) is 10.5. The zero-order valence-corrected chi connectivity index (χ0v) is 13.8. The number of nitrogens with zero attached hydrogens (tertiary/aromatic N) is 1. The molecule has 1 amide bonds. The van der Waals surface area contributed by atoms with Crippen LogP contribution in [0.15, 0.2) is 47.1 Å². The largest absolute Gasteiger partial charge is 0.460 e. The van der Waals surface area contributed by atoms with Gasteiger partial charge in [0.1, 0.15) is 5.69 Å². The van der Waals surface area contributed by atoms with E-state index in [2.05, 4.69) is 15.6 Å². The van der Waals surface area contributed by atoms with Crippen molar-refractivity contribution < 1.29 is 18.7 Å². The molecule has 7 nitrogen and oxygen atoms in total. The highest BCUT2D eigenvalue weighted by Gasteiger charge is 2.22. The standard InChI is InChI=1S/C18H17N3O4/c1-3-24-18(23)17-16(14-7-8-19-10-15(14)25-17)21-13-6-4-5-12(9-13)20-11(2)22/h4-10,21H,3H2,1-2H3,(H,20,22). The van der Waals surface area contributed by atoms with Crippen molar-refractivity contribution in [3.8, 4) is 0 Å². The van der Waals surface area contributed by atoms with Crippen molar-refractivity contribution in [2.75, 3.05) is 17.2 Å². The lowest BCUT2D eigenvalue weighted by atomic mass is 10.2. The number of pyridine rings is 1. The van der Waals surface area contributed by atoms with Crippen LogP contribution in [0.4, 0.5) is 17.1 Å². The van der Waals surface area contributed by atoms with Gasteiger partial charge in [-0.3, -0.25) is 9.78 Å². The summed E-state index contributed by atoms with van der Waals surface area (Å²) in [5.41, 5.74) is 2.31. The lowest BCUT2D eigenvalue weighted by Crippen LogP contribution is -2.07. The minimum atomic E-state index is -0.556. The minimum Gasteiger partial charge on any atom is -0.460 e. The summed E-state index contributed by atoms with van der Waals surface area (Å²) in [6.45, 7) is 3.41. The van der Waals surface area contributed by atoms with Crippen LogP contribution in [0.2, 0.25) is 0 Å². The van der Waals surface area contributed by atoms with Gasteiger partial charge in [0.2, 0.25) is 11.7 Å². The number of nitrogens with one attached hydrogen (secondary N) is 2. The van der Waals surface area contributed by atoms with Crippen LogP contribution in [0.3, 0.4) is 0 Å². The number of ether oxygens (including phenoxy) is 1. The molecule has 0 fully saturated rings.